The zero-order valence-corrected chi connectivity index (χ0v) is 28.1. The normalized spacial score (nSPS) is 56.5. The van der Waals surface area contributed by atoms with E-state index in [4.69, 9.17) is 38.5 Å². The summed E-state index contributed by atoms with van der Waals surface area (Å²) in [5.74, 6) is 1.37. The van der Waals surface area contributed by atoms with Crippen LogP contribution in [0.1, 0.15) is 112 Å². The lowest BCUT2D eigenvalue weighted by Crippen LogP contribution is -2.70. The summed E-state index contributed by atoms with van der Waals surface area (Å²) in [6.07, 6.45) is 8.98. The minimum Gasteiger partial charge on any atom is -0.356 e. The van der Waals surface area contributed by atoms with Gasteiger partial charge in [0.1, 0.15) is 0 Å². The van der Waals surface area contributed by atoms with Crippen LogP contribution in [0.3, 0.4) is 0 Å². The van der Waals surface area contributed by atoms with Gasteiger partial charge in [-0.2, -0.15) is 0 Å². The van der Waals surface area contributed by atoms with Crippen molar-refractivity contribution in [2.45, 2.75) is 160 Å². The molecule has 45 heavy (non-hydrogen) atoms. The fraction of sp³-hybridized carbons (Fsp3) is 0.971. The molecule has 10 nitrogen and oxygen atoms in total. The second-order valence-corrected chi connectivity index (χ2v) is 16.6. The van der Waals surface area contributed by atoms with Crippen LogP contribution in [-0.4, -0.2) is 60.0 Å². The summed E-state index contributed by atoms with van der Waals surface area (Å²) in [5.41, 5.74) is -1.11. The Bertz CT molecular complexity index is 1160. The van der Waals surface area contributed by atoms with Gasteiger partial charge in [-0.25, -0.2) is 19.6 Å². The van der Waals surface area contributed by atoms with E-state index in [0.717, 1.165) is 44.9 Å². The number of amides is 1. The largest absolute Gasteiger partial charge is 0.356 e. The molecule has 4 bridgehead atoms. The van der Waals surface area contributed by atoms with Crippen LogP contribution >= 0.6 is 0 Å². The average molecular weight is 634 g/mol. The molecule has 1 N–H and O–H groups in total. The number of rotatable bonds is 6. The molecule has 10 fully saturated rings. The first-order valence-electron chi connectivity index (χ1n) is 18.1. The van der Waals surface area contributed by atoms with E-state index in [-0.39, 0.29) is 35.9 Å². The van der Waals surface area contributed by atoms with Gasteiger partial charge in [-0.15, -0.1) is 0 Å². The zero-order chi connectivity index (χ0) is 31.4. The first kappa shape index (κ1) is 31.4. The predicted octanol–water partition coefficient (Wildman–Crippen LogP) is 5.77. The van der Waals surface area contributed by atoms with Crippen molar-refractivity contribution in [3.63, 3.8) is 0 Å². The van der Waals surface area contributed by atoms with Crippen molar-refractivity contribution >= 4 is 5.91 Å². The van der Waals surface area contributed by atoms with E-state index < -0.39 is 35.4 Å². The first-order chi connectivity index (χ1) is 21.5. The van der Waals surface area contributed by atoms with Crippen LogP contribution in [-0.2, 0) is 43.3 Å². The fourth-order valence-electron chi connectivity index (χ4n) is 11.3. The molecule has 2 spiro atoms. The molecule has 8 saturated heterocycles. The molecule has 0 radical (unpaired) electrons. The molecule has 0 aromatic rings. The van der Waals surface area contributed by atoms with Gasteiger partial charge in [0.25, 0.3) is 0 Å². The number of nitrogens with one attached hydrogen (secondary N) is 1. The SMILES string of the molecule is C[C@@H]1CCC2[C@@H](C)[C@@H](CCNC(=O)CC[C@H]3O[C@@H]4O[C@]5(C)CC[C@H]6[C@H](C)CCC([C@H]3C)[C@@]46OO5)O[C@@H]3O[C@]4(C)CC[C@@H]1[C@@]23OO4. The molecule has 2 unspecified atom stereocenters. The molecule has 10 rings (SSSR count). The van der Waals surface area contributed by atoms with Crippen LogP contribution in [0, 0.1) is 47.3 Å². The summed E-state index contributed by atoms with van der Waals surface area (Å²) in [4.78, 5) is 37.6. The van der Waals surface area contributed by atoms with Gasteiger partial charge >= 0.3 is 0 Å². The second kappa shape index (κ2) is 11.1. The Morgan fingerprint density at radius 2 is 1.13 bits per heavy atom. The molecule has 2 aliphatic carbocycles. The molecule has 8 heterocycles. The lowest BCUT2D eigenvalue weighted by molar-refractivity contribution is -0.571. The highest BCUT2D eigenvalue weighted by atomic mass is 17.3. The summed E-state index contributed by atoms with van der Waals surface area (Å²) < 4.78 is 26.4. The highest BCUT2D eigenvalue weighted by molar-refractivity contribution is 5.75. The number of carbonyl (C=O) groups is 1. The van der Waals surface area contributed by atoms with Crippen molar-refractivity contribution in [3.8, 4) is 0 Å². The maximum atomic E-state index is 13.2. The van der Waals surface area contributed by atoms with E-state index in [1.165, 1.54) is 12.8 Å². The number of hydrogen-bond donors (Lipinski definition) is 1. The van der Waals surface area contributed by atoms with Crippen LogP contribution in [0.4, 0.5) is 0 Å². The first-order valence-corrected chi connectivity index (χ1v) is 18.1. The molecule has 10 aliphatic rings. The molecule has 0 aromatic carbocycles. The second-order valence-electron chi connectivity index (χ2n) is 16.6. The van der Waals surface area contributed by atoms with Crippen molar-refractivity contribution in [1.82, 2.24) is 5.32 Å². The Hall–Kier alpha value is -0.850. The molecule has 1 amide bonds. The number of carbonyl (C=O) groups excluding carboxylic acids is 1. The smallest absolute Gasteiger partial charge is 0.220 e. The molecule has 2 saturated carbocycles. The van der Waals surface area contributed by atoms with Crippen molar-refractivity contribution in [2.75, 3.05) is 6.54 Å². The number of ether oxygens (including phenoxy) is 4. The standard InChI is InChI=1S/C35H55NO9/c1-19-7-9-25-21(3)27(38-30-34(25)23(19)13-16-32(5,40-30)42-44-34)11-12-29(37)36-18-15-28-22(4)26-10-8-20(2)24-14-17-33(6)41-31(39-28)35(24,26)45-43-33/h19-28,30-31H,7-18H2,1-6H3,(H,36,37)/t19-,20-,21-,22-,23+,24+,25?,26?,27-,28-,30-,31-,32+,33+,34-,35-/m1/s1. The summed E-state index contributed by atoms with van der Waals surface area (Å²) in [6.45, 7) is 13.7. The number of hydrogen-bond acceptors (Lipinski definition) is 9. The highest BCUT2D eigenvalue weighted by Crippen LogP contribution is 2.62. The minimum absolute atomic E-state index is 0.0162. The third-order valence-corrected chi connectivity index (χ3v) is 14.0. The predicted molar refractivity (Wildman–Crippen MR) is 161 cm³/mol. The van der Waals surface area contributed by atoms with Crippen LogP contribution in [0.5, 0.6) is 0 Å². The Balaban J connectivity index is 0.880. The Labute approximate surface area is 268 Å². The molecule has 10 heteroatoms. The third-order valence-electron chi connectivity index (χ3n) is 14.0. The summed E-state index contributed by atoms with van der Waals surface area (Å²) in [6, 6.07) is 0. The van der Waals surface area contributed by atoms with Crippen molar-refractivity contribution in [1.29, 1.82) is 0 Å². The van der Waals surface area contributed by atoms with Gasteiger partial charge in [-0.3, -0.25) is 4.79 Å². The van der Waals surface area contributed by atoms with E-state index >= 15 is 0 Å². The molecule has 8 aliphatic heterocycles. The molecule has 0 aromatic heterocycles. The molecule has 254 valence electrons. The molecular formula is C35H55NO9. The summed E-state index contributed by atoms with van der Waals surface area (Å²) >= 11 is 0. The average Bonchev–Trinajstić information content (AvgIpc) is 3.38. The van der Waals surface area contributed by atoms with E-state index in [9.17, 15) is 4.79 Å². The van der Waals surface area contributed by atoms with Gasteiger partial charge in [-0.05, 0) is 101 Å². The van der Waals surface area contributed by atoms with Crippen molar-refractivity contribution < 1.29 is 43.3 Å². The monoisotopic (exact) mass is 633 g/mol. The maximum Gasteiger partial charge on any atom is 0.220 e. The summed E-state index contributed by atoms with van der Waals surface area (Å²) in [5, 5.41) is 3.19. The van der Waals surface area contributed by atoms with E-state index in [1.807, 2.05) is 13.8 Å². The van der Waals surface area contributed by atoms with Crippen LogP contribution in [0.15, 0.2) is 0 Å². The van der Waals surface area contributed by atoms with Crippen molar-refractivity contribution in [3.05, 3.63) is 0 Å². The topological polar surface area (TPSA) is 103 Å². The van der Waals surface area contributed by atoms with E-state index in [2.05, 4.69) is 33.0 Å². The maximum absolute atomic E-state index is 13.2. The van der Waals surface area contributed by atoms with Gasteiger partial charge < -0.3 is 24.3 Å². The Morgan fingerprint density at radius 3 is 1.64 bits per heavy atom. The minimum atomic E-state index is -0.785. The van der Waals surface area contributed by atoms with Gasteiger partial charge in [0.2, 0.25) is 17.5 Å². The number of fused-ring (bicyclic) bond motifs is 4. The van der Waals surface area contributed by atoms with Gasteiger partial charge in [0.15, 0.2) is 23.8 Å². The highest BCUT2D eigenvalue weighted by Gasteiger charge is 2.70. The molecular weight excluding hydrogens is 578 g/mol. The van der Waals surface area contributed by atoms with Gasteiger partial charge in [-0.1, -0.05) is 27.7 Å². The third kappa shape index (κ3) is 4.74. The molecule has 16 atom stereocenters. The van der Waals surface area contributed by atoms with Crippen LogP contribution in [0.25, 0.3) is 0 Å². The Morgan fingerprint density at radius 1 is 0.644 bits per heavy atom. The van der Waals surface area contributed by atoms with Gasteiger partial charge in [0, 0.05) is 37.6 Å². The van der Waals surface area contributed by atoms with Crippen LogP contribution < -0.4 is 5.32 Å². The summed E-state index contributed by atoms with van der Waals surface area (Å²) in [7, 11) is 0. The van der Waals surface area contributed by atoms with Crippen molar-refractivity contribution in [2.24, 2.45) is 47.3 Å². The van der Waals surface area contributed by atoms with Gasteiger partial charge in [0.05, 0.1) is 12.2 Å². The lowest BCUT2D eigenvalue weighted by atomic mass is 9.57. The van der Waals surface area contributed by atoms with Crippen LogP contribution in [0.2, 0.25) is 0 Å². The quantitative estimate of drug-likeness (QED) is 0.365. The Kier molecular flexibility index (Phi) is 7.74. The lowest BCUT2D eigenvalue weighted by Gasteiger charge is -2.60. The van der Waals surface area contributed by atoms with E-state index in [1.54, 1.807) is 0 Å². The fourth-order valence-corrected chi connectivity index (χ4v) is 11.3. The van der Waals surface area contributed by atoms with E-state index in [0.29, 0.717) is 49.0 Å². The zero-order valence-electron chi connectivity index (χ0n) is 28.1.